The first-order chi connectivity index (χ1) is 17.4. The van der Waals surface area contributed by atoms with E-state index in [4.69, 9.17) is 23.2 Å². The summed E-state index contributed by atoms with van der Waals surface area (Å²) >= 11 is 12.4. The highest BCUT2D eigenvalue weighted by Crippen LogP contribution is 2.25. The molecule has 10 heteroatoms. The molecule has 0 unspecified atom stereocenters. The molecule has 3 rings (SSSR count). The number of amides is 2. The van der Waals surface area contributed by atoms with E-state index in [-0.39, 0.29) is 18.5 Å². The van der Waals surface area contributed by atoms with Gasteiger partial charge in [-0.25, -0.2) is 8.42 Å². The fraction of sp³-hybridized carbons (Fsp3) is 0.481. The van der Waals surface area contributed by atoms with E-state index in [0.29, 0.717) is 21.3 Å². The van der Waals surface area contributed by atoms with E-state index in [1.54, 1.807) is 37.3 Å². The molecule has 1 aliphatic carbocycles. The highest BCUT2D eigenvalue weighted by molar-refractivity contribution is 7.92. The molecule has 2 aromatic carbocycles. The van der Waals surface area contributed by atoms with Crippen molar-refractivity contribution in [3.63, 3.8) is 0 Å². The Labute approximate surface area is 230 Å². The molecule has 0 aromatic heterocycles. The van der Waals surface area contributed by atoms with Crippen LogP contribution in [0.1, 0.15) is 55.7 Å². The van der Waals surface area contributed by atoms with Crippen LogP contribution in [0.3, 0.4) is 0 Å². The lowest BCUT2D eigenvalue weighted by Crippen LogP contribution is -2.53. The zero-order valence-electron chi connectivity index (χ0n) is 21.8. The number of halogens is 2. The SMILES string of the molecule is Cc1ccc(N(CC(=O)N(Cc2ccc(Cl)cc2Cl)[C@H](C)C(=O)NC2CCCCC2)S(C)(=O)=O)cc1C. The first-order valence-corrected chi connectivity index (χ1v) is 15.1. The Balaban J connectivity index is 1.91. The van der Waals surface area contributed by atoms with Crippen LogP contribution < -0.4 is 9.62 Å². The van der Waals surface area contributed by atoms with E-state index in [1.165, 1.54) is 4.90 Å². The van der Waals surface area contributed by atoms with Crippen molar-refractivity contribution in [2.45, 2.75) is 71.5 Å². The van der Waals surface area contributed by atoms with Gasteiger partial charge in [-0.2, -0.15) is 0 Å². The molecule has 7 nitrogen and oxygen atoms in total. The lowest BCUT2D eigenvalue weighted by molar-refractivity contribution is -0.139. The average molecular weight is 569 g/mol. The van der Waals surface area contributed by atoms with Gasteiger partial charge in [-0.05, 0) is 74.6 Å². The van der Waals surface area contributed by atoms with Crippen molar-refractivity contribution in [1.29, 1.82) is 0 Å². The molecule has 1 fully saturated rings. The zero-order chi connectivity index (χ0) is 27.3. The maximum absolute atomic E-state index is 13.7. The predicted molar refractivity (Wildman–Crippen MR) is 150 cm³/mol. The van der Waals surface area contributed by atoms with Crippen molar-refractivity contribution in [1.82, 2.24) is 10.2 Å². The molecule has 0 spiro atoms. The van der Waals surface area contributed by atoms with Gasteiger partial charge in [0.15, 0.2) is 0 Å². The van der Waals surface area contributed by atoms with Crippen molar-refractivity contribution in [2.75, 3.05) is 17.1 Å². The second-order valence-corrected chi connectivity index (χ2v) is 12.6. The quantitative estimate of drug-likeness (QED) is 0.448. The van der Waals surface area contributed by atoms with Gasteiger partial charge < -0.3 is 10.2 Å². The lowest BCUT2D eigenvalue weighted by Gasteiger charge is -2.33. The van der Waals surface area contributed by atoms with Crippen LogP contribution in [0, 0.1) is 13.8 Å². The summed E-state index contributed by atoms with van der Waals surface area (Å²) in [6, 6.07) is 9.40. The van der Waals surface area contributed by atoms with E-state index < -0.39 is 28.5 Å². The standard InChI is InChI=1S/C27H35Cl2N3O4S/c1-18-10-13-24(14-19(18)2)32(37(4,35)36)17-26(33)31(16-21-11-12-22(28)15-25(21)29)20(3)27(34)30-23-8-6-5-7-9-23/h10-15,20,23H,5-9,16-17H2,1-4H3,(H,30,34)/t20-/m1/s1. The molecular formula is C27H35Cl2N3O4S. The highest BCUT2D eigenvalue weighted by atomic mass is 35.5. The smallest absolute Gasteiger partial charge is 0.244 e. The summed E-state index contributed by atoms with van der Waals surface area (Å²) in [5.74, 6) is -0.789. The number of anilines is 1. The van der Waals surface area contributed by atoms with Crippen LogP contribution in [0.25, 0.3) is 0 Å². The summed E-state index contributed by atoms with van der Waals surface area (Å²) in [7, 11) is -3.79. The van der Waals surface area contributed by atoms with Gasteiger partial charge in [-0.15, -0.1) is 0 Å². The molecule has 0 aliphatic heterocycles. The first kappa shape index (κ1) is 29.3. The van der Waals surface area contributed by atoms with Crippen molar-refractivity contribution < 1.29 is 18.0 Å². The molecule has 202 valence electrons. The molecule has 0 heterocycles. The maximum atomic E-state index is 13.7. The van der Waals surface area contributed by atoms with Crippen molar-refractivity contribution in [3.05, 3.63) is 63.1 Å². The second-order valence-electron chi connectivity index (χ2n) is 9.82. The molecule has 2 amide bonds. The number of nitrogens with one attached hydrogen (secondary N) is 1. The van der Waals surface area contributed by atoms with Gasteiger partial charge in [0.25, 0.3) is 0 Å². The maximum Gasteiger partial charge on any atom is 0.244 e. The number of carbonyl (C=O) groups excluding carboxylic acids is 2. The van der Waals surface area contributed by atoms with Crippen LogP contribution in [0.15, 0.2) is 36.4 Å². The molecule has 1 N–H and O–H groups in total. The minimum Gasteiger partial charge on any atom is -0.352 e. The Morgan fingerprint density at radius 2 is 1.70 bits per heavy atom. The summed E-state index contributed by atoms with van der Waals surface area (Å²) in [4.78, 5) is 28.3. The Hall–Kier alpha value is -2.29. The minimum absolute atomic E-state index is 0.0264. The fourth-order valence-electron chi connectivity index (χ4n) is 4.48. The summed E-state index contributed by atoms with van der Waals surface area (Å²) in [6.45, 7) is 5.04. The van der Waals surface area contributed by atoms with Gasteiger partial charge in [0.05, 0.1) is 11.9 Å². The van der Waals surface area contributed by atoms with E-state index in [2.05, 4.69) is 5.32 Å². The highest BCUT2D eigenvalue weighted by Gasteiger charge is 2.31. The third-order valence-corrected chi connectivity index (χ3v) is 8.66. The van der Waals surface area contributed by atoms with Gasteiger partial charge in [0.2, 0.25) is 21.8 Å². The third kappa shape index (κ3) is 7.85. The molecule has 2 aromatic rings. The molecule has 0 bridgehead atoms. The molecule has 1 saturated carbocycles. The number of rotatable bonds is 9. The van der Waals surface area contributed by atoms with E-state index in [1.807, 2.05) is 19.9 Å². The normalized spacial score (nSPS) is 15.2. The third-order valence-electron chi connectivity index (χ3n) is 6.93. The predicted octanol–water partition coefficient (Wildman–Crippen LogP) is 5.24. The summed E-state index contributed by atoms with van der Waals surface area (Å²) in [5.41, 5.74) is 2.91. The number of nitrogens with zero attached hydrogens (tertiary/aromatic N) is 2. The summed E-state index contributed by atoms with van der Waals surface area (Å²) < 4.78 is 26.6. The van der Waals surface area contributed by atoms with Crippen LogP contribution >= 0.6 is 23.2 Å². The van der Waals surface area contributed by atoms with Gasteiger partial charge >= 0.3 is 0 Å². The second kappa shape index (κ2) is 12.5. The van der Waals surface area contributed by atoms with Crippen molar-refractivity contribution in [2.24, 2.45) is 0 Å². The largest absolute Gasteiger partial charge is 0.352 e. The summed E-state index contributed by atoms with van der Waals surface area (Å²) in [6.07, 6.45) is 6.15. The Morgan fingerprint density at radius 1 is 1.03 bits per heavy atom. The van der Waals surface area contributed by atoms with Crippen LogP contribution in [0.4, 0.5) is 5.69 Å². The lowest BCUT2D eigenvalue weighted by atomic mass is 9.95. The van der Waals surface area contributed by atoms with Crippen molar-refractivity contribution >= 4 is 50.7 Å². The van der Waals surface area contributed by atoms with Crippen molar-refractivity contribution in [3.8, 4) is 0 Å². The Kier molecular flexibility index (Phi) is 9.89. The van der Waals surface area contributed by atoms with E-state index in [9.17, 15) is 18.0 Å². The Morgan fingerprint density at radius 3 is 2.30 bits per heavy atom. The minimum atomic E-state index is -3.79. The number of aryl methyl sites for hydroxylation is 2. The molecular weight excluding hydrogens is 533 g/mol. The van der Waals surface area contributed by atoms with Crippen LogP contribution in [-0.2, 0) is 26.2 Å². The van der Waals surface area contributed by atoms with Gasteiger partial charge in [-0.3, -0.25) is 13.9 Å². The van der Waals surface area contributed by atoms with Crippen LogP contribution in [0.2, 0.25) is 10.0 Å². The van der Waals surface area contributed by atoms with E-state index in [0.717, 1.165) is 53.8 Å². The zero-order valence-corrected chi connectivity index (χ0v) is 24.1. The number of sulfonamides is 1. The number of hydrogen-bond acceptors (Lipinski definition) is 4. The average Bonchev–Trinajstić information content (AvgIpc) is 2.83. The van der Waals surface area contributed by atoms with Gasteiger partial charge in [0, 0.05) is 22.6 Å². The number of benzene rings is 2. The number of carbonyl (C=O) groups is 2. The van der Waals surface area contributed by atoms with Crippen LogP contribution in [-0.4, -0.2) is 50.0 Å². The Bertz CT molecular complexity index is 1250. The van der Waals surface area contributed by atoms with Gasteiger partial charge in [0.1, 0.15) is 12.6 Å². The molecule has 0 radical (unpaired) electrons. The van der Waals surface area contributed by atoms with E-state index >= 15 is 0 Å². The molecule has 1 atom stereocenters. The summed E-state index contributed by atoms with van der Waals surface area (Å²) in [5, 5.41) is 3.89. The molecule has 1 aliphatic rings. The molecule has 0 saturated heterocycles. The monoisotopic (exact) mass is 567 g/mol. The first-order valence-electron chi connectivity index (χ1n) is 12.5. The van der Waals surface area contributed by atoms with Crippen LogP contribution in [0.5, 0.6) is 0 Å². The van der Waals surface area contributed by atoms with Gasteiger partial charge in [-0.1, -0.05) is 54.6 Å². The topological polar surface area (TPSA) is 86.8 Å². The fourth-order valence-corrected chi connectivity index (χ4v) is 5.79. The molecule has 37 heavy (non-hydrogen) atoms. The number of hydrogen-bond donors (Lipinski definition) is 1.